The number of hydrogen-bond acceptors (Lipinski definition) is 1. The molecule has 0 aliphatic heterocycles. The van der Waals surface area contributed by atoms with Gasteiger partial charge in [-0.2, -0.15) is 0 Å². The number of aliphatic hydroxyl groups excluding tert-OH is 1. The van der Waals surface area contributed by atoms with Crippen LogP contribution in [0, 0.1) is 5.82 Å². The molecule has 15 heavy (non-hydrogen) atoms. The second-order valence-corrected chi connectivity index (χ2v) is 4.34. The molecule has 0 heterocycles. The predicted octanol–water partition coefficient (Wildman–Crippen LogP) is 3.02. The Morgan fingerprint density at radius 3 is 3.07 bits per heavy atom. The van der Waals surface area contributed by atoms with Crippen molar-refractivity contribution in [2.24, 2.45) is 0 Å². The van der Waals surface area contributed by atoms with E-state index in [1.54, 1.807) is 6.07 Å². The molecule has 0 fully saturated rings. The van der Waals surface area contributed by atoms with Gasteiger partial charge in [0, 0.05) is 5.92 Å². The summed E-state index contributed by atoms with van der Waals surface area (Å²) in [6, 6.07) is 4.94. The molecular formula is C13H17FO. The normalized spacial score (nSPS) is 21.4. The lowest BCUT2D eigenvalue weighted by molar-refractivity contribution is 0.132. The summed E-state index contributed by atoms with van der Waals surface area (Å²) in [6.07, 6.45) is 3.43. The van der Waals surface area contributed by atoms with Gasteiger partial charge in [0.25, 0.3) is 0 Å². The van der Waals surface area contributed by atoms with E-state index in [9.17, 15) is 9.50 Å². The van der Waals surface area contributed by atoms with E-state index in [0.29, 0.717) is 0 Å². The highest BCUT2D eigenvalue weighted by Gasteiger charge is 2.28. The fourth-order valence-corrected chi connectivity index (χ4v) is 2.52. The maximum Gasteiger partial charge on any atom is 0.123 e. The molecule has 2 rings (SSSR count). The quantitative estimate of drug-likeness (QED) is 0.809. The topological polar surface area (TPSA) is 20.2 Å². The Hall–Kier alpha value is -0.890. The van der Waals surface area contributed by atoms with Crippen LogP contribution >= 0.6 is 0 Å². The molecule has 0 radical (unpaired) electrons. The summed E-state index contributed by atoms with van der Waals surface area (Å²) >= 11 is 0. The first-order valence-corrected chi connectivity index (χ1v) is 5.68. The largest absolute Gasteiger partial charge is 0.392 e. The van der Waals surface area contributed by atoms with Crippen LogP contribution in [0.3, 0.4) is 0 Å². The third-order valence-electron chi connectivity index (χ3n) is 3.28. The van der Waals surface area contributed by atoms with E-state index >= 15 is 0 Å². The summed E-state index contributed by atoms with van der Waals surface area (Å²) in [4.78, 5) is 0. The Kier molecular flexibility index (Phi) is 3.06. The molecule has 0 spiro atoms. The lowest BCUT2D eigenvalue weighted by Gasteiger charge is -2.18. The van der Waals surface area contributed by atoms with Gasteiger partial charge in [-0.15, -0.1) is 0 Å². The molecule has 1 aromatic rings. The molecule has 1 nitrogen and oxygen atoms in total. The van der Waals surface area contributed by atoms with Crippen molar-refractivity contribution in [2.75, 3.05) is 0 Å². The zero-order valence-corrected chi connectivity index (χ0v) is 9.04. The fraction of sp³-hybridized carbons (Fsp3) is 0.538. The maximum absolute atomic E-state index is 13.0. The van der Waals surface area contributed by atoms with Gasteiger partial charge in [0.05, 0.1) is 6.10 Å². The molecule has 2 heteroatoms. The Bertz CT molecular complexity index is 348. The first-order chi connectivity index (χ1) is 7.22. The monoisotopic (exact) mass is 208 g/mol. The van der Waals surface area contributed by atoms with Crippen LogP contribution in [0.2, 0.25) is 0 Å². The number of aliphatic hydroxyl groups is 1. The highest BCUT2D eigenvalue weighted by Crippen LogP contribution is 2.36. The summed E-state index contributed by atoms with van der Waals surface area (Å²) in [5, 5.41) is 9.97. The van der Waals surface area contributed by atoms with Gasteiger partial charge in [-0.1, -0.05) is 19.4 Å². The van der Waals surface area contributed by atoms with E-state index < -0.39 is 0 Å². The number of benzene rings is 1. The first-order valence-electron chi connectivity index (χ1n) is 5.68. The van der Waals surface area contributed by atoms with Gasteiger partial charge in [-0.05, 0) is 42.5 Å². The molecule has 0 saturated carbocycles. The van der Waals surface area contributed by atoms with Crippen LogP contribution in [-0.4, -0.2) is 11.2 Å². The second kappa shape index (κ2) is 4.31. The van der Waals surface area contributed by atoms with Crippen LogP contribution in [-0.2, 0) is 6.42 Å². The van der Waals surface area contributed by atoms with E-state index in [-0.39, 0.29) is 17.8 Å². The van der Waals surface area contributed by atoms with Crippen molar-refractivity contribution in [3.8, 4) is 0 Å². The highest BCUT2D eigenvalue weighted by atomic mass is 19.1. The van der Waals surface area contributed by atoms with E-state index in [1.165, 1.54) is 6.07 Å². The molecule has 1 aliphatic rings. The van der Waals surface area contributed by atoms with Gasteiger partial charge in [-0.25, -0.2) is 4.39 Å². The zero-order chi connectivity index (χ0) is 10.8. The van der Waals surface area contributed by atoms with Crippen molar-refractivity contribution < 1.29 is 9.50 Å². The van der Waals surface area contributed by atoms with Gasteiger partial charge in [0.1, 0.15) is 5.82 Å². The maximum atomic E-state index is 13.0. The Balaban J connectivity index is 2.21. The van der Waals surface area contributed by atoms with Crippen LogP contribution in [0.15, 0.2) is 18.2 Å². The minimum Gasteiger partial charge on any atom is -0.392 e. The van der Waals surface area contributed by atoms with Crippen molar-refractivity contribution in [3.05, 3.63) is 35.1 Å². The zero-order valence-electron chi connectivity index (χ0n) is 9.04. The number of fused-ring (bicyclic) bond motifs is 1. The summed E-state index contributed by atoms with van der Waals surface area (Å²) in [7, 11) is 0. The molecule has 82 valence electrons. The Morgan fingerprint density at radius 1 is 1.53 bits per heavy atom. The van der Waals surface area contributed by atoms with Crippen LogP contribution in [0.25, 0.3) is 0 Å². The van der Waals surface area contributed by atoms with Crippen molar-refractivity contribution >= 4 is 0 Å². The third kappa shape index (κ3) is 2.05. The molecule has 1 aromatic carbocycles. The van der Waals surface area contributed by atoms with Crippen LogP contribution in [0.1, 0.15) is 43.2 Å². The minimum absolute atomic E-state index is 0.167. The number of rotatable bonds is 3. The molecule has 1 N–H and O–H groups in total. The van der Waals surface area contributed by atoms with E-state index in [1.807, 2.05) is 6.07 Å². The van der Waals surface area contributed by atoms with Crippen molar-refractivity contribution in [3.63, 3.8) is 0 Å². The van der Waals surface area contributed by atoms with Gasteiger partial charge in [0.15, 0.2) is 0 Å². The molecule has 2 atom stereocenters. The lowest BCUT2D eigenvalue weighted by Crippen LogP contribution is -2.15. The lowest BCUT2D eigenvalue weighted by atomic mass is 9.93. The molecule has 0 amide bonds. The third-order valence-corrected chi connectivity index (χ3v) is 3.28. The van der Waals surface area contributed by atoms with E-state index in [2.05, 4.69) is 6.92 Å². The fourth-order valence-electron chi connectivity index (χ4n) is 2.52. The summed E-state index contributed by atoms with van der Waals surface area (Å²) in [5.74, 6) is 0.0555. The average Bonchev–Trinajstić information content (AvgIpc) is 2.60. The standard InChI is InChI=1S/C13H17FO/c1-2-3-13(15)12-6-4-9-8-10(14)5-7-11(9)12/h5,7-8,12-13,15H,2-4,6H2,1H3. The SMILES string of the molecule is CCCC(O)C1CCc2cc(F)ccc21. The van der Waals surface area contributed by atoms with Gasteiger partial charge < -0.3 is 5.11 Å². The molecule has 0 bridgehead atoms. The Labute approximate surface area is 89.9 Å². The molecule has 0 aromatic heterocycles. The minimum atomic E-state index is -0.262. The molecule has 0 saturated heterocycles. The number of halogens is 1. The van der Waals surface area contributed by atoms with Crippen LogP contribution in [0.5, 0.6) is 0 Å². The van der Waals surface area contributed by atoms with Gasteiger partial charge in [-0.3, -0.25) is 0 Å². The van der Waals surface area contributed by atoms with E-state index in [0.717, 1.165) is 36.8 Å². The van der Waals surface area contributed by atoms with Crippen molar-refractivity contribution in [1.29, 1.82) is 0 Å². The average molecular weight is 208 g/mol. The highest BCUT2D eigenvalue weighted by molar-refractivity contribution is 5.36. The number of aryl methyl sites for hydroxylation is 1. The molecule has 2 unspecified atom stereocenters. The summed E-state index contributed by atoms with van der Waals surface area (Å²) in [5.41, 5.74) is 2.23. The van der Waals surface area contributed by atoms with Crippen LogP contribution in [0.4, 0.5) is 4.39 Å². The van der Waals surface area contributed by atoms with Crippen LogP contribution < -0.4 is 0 Å². The smallest absolute Gasteiger partial charge is 0.123 e. The van der Waals surface area contributed by atoms with Gasteiger partial charge in [0.2, 0.25) is 0 Å². The van der Waals surface area contributed by atoms with E-state index in [4.69, 9.17) is 0 Å². The summed E-state index contributed by atoms with van der Waals surface area (Å²) in [6.45, 7) is 2.07. The molecular weight excluding hydrogens is 191 g/mol. The van der Waals surface area contributed by atoms with Crippen molar-refractivity contribution in [2.45, 2.75) is 44.6 Å². The Morgan fingerprint density at radius 2 is 2.33 bits per heavy atom. The van der Waals surface area contributed by atoms with Crippen molar-refractivity contribution in [1.82, 2.24) is 0 Å². The molecule has 1 aliphatic carbocycles. The van der Waals surface area contributed by atoms with Gasteiger partial charge >= 0.3 is 0 Å². The second-order valence-electron chi connectivity index (χ2n) is 4.34. The predicted molar refractivity (Wildman–Crippen MR) is 58.4 cm³/mol. The first kappa shape index (κ1) is 10.6. The number of hydrogen-bond donors (Lipinski definition) is 1. The summed E-state index contributed by atoms with van der Waals surface area (Å²) < 4.78 is 13.0.